The lowest BCUT2D eigenvalue weighted by Gasteiger charge is -2.29. The maximum Gasteiger partial charge on any atom is 0.342 e. The SMILES string of the molecule is COc1ccc(OC)c(C(=O)OCC(=O)N(CC(C)C)[C@H]2CCS(=O)(=O)C2)c1. The highest BCUT2D eigenvalue weighted by Crippen LogP contribution is 2.25. The van der Waals surface area contributed by atoms with E-state index >= 15 is 0 Å². The molecule has 8 nitrogen and oxygen atoms in total. The van der Waals surface area contributed by atoms with Gasteiger partial charge in [-0.15, -0.1) is 0 Å². The number of rotatable bonds is 8. The molecule has 2 rings (SSSR count). The van der Waals surface area contributed by atoms with E-state index in [1.54, 1.807) is 12.1 Å². The fourth-order valence-electron chi connectivity index (χ4n) is 3.13. The van der Waals surface area contributed by atoms with Gasteiger partial charge in [-0.1, -0.05) is 13.8 Å². The molecule has 0 spiro atoms. The van der Waals surface area contributed by atoms with Crippen LogP contribution in [0.2, 0.25) is 0 Å². The van der Waals surface area contributed by atoms with Gasteiger partial charge in [0.2, 0.25) is 0 Å². The molecule has 0 bridgehead atoms. The molecule has 1 atom stereocenters. The average Bonchev–Trinajstić information content (AvgIpc) is 3.02. The maximum atomic E-state index is 12.7. The van der Waals surface area contributed by atoms with E-state index in [0.29, 0.717) is 24.5 Å². The number of ether oxygens (including phenoxy) is 3. The van der Waals surface area contributed by atoms with Gasteiger partial charge in [0, 0.05) is 12.6 Å². The van der Waals surface area contributed by atoms with Crippen LogP contribution in [-0.4, -0.2) is 70.1 Å². The summed E-state index contributed by atoms with van der Waals surface area (Å²) in [6.45, 7) is 3.81. The zero-order chi connectivity index (χ0) is 20.9. The summed E-state index contributed by atoms with van der Waals surface area (Å²) in [6.07, 6.45) is 0.401. The molecule has 0 saturated carbocycles. The van der Waals surface area contributed by atoms with E-state index in [-0.39, 0.29) is 29.0 Å². The van der Waals surface area contributed by atoms with Crippen molar-refractivity contribution in [1.82, 2.24) is 4.90 Å². The maximum absolute atomic E-state index is 12.7. The van der Waals surface area contributed by atoms with Crippen LogP contribution in [0.3, 0.4) is 0 Å². The fourth-order valence-corrected chi connectivity index (χ4v) is 4.86. The van der Waals surface area contributed by atoms with Gasteiger partial charge in [-0.3, -0.25) is 4.79 Å². The number of hydrogen-bond acceptors (Lipinski definition) is 7. The molecule has 1 aromatic rings. The Hall–Kier alpha value is -2.29. The van der Waals surface area contributed by atoms with Gasteiger partial charge in [-0.05, 0) is 30.5 Å². The van der Waals surface area contributed by atoms with Crippen molar-refractivity contribution in [2.75, 3.05) is 38.9 Å². The normalized spacial score (nSPS) is 18.0. The number of benzene rings is 1. The van der Waals surface area contributed by atoms with Gasteiger partial charge in [0.1, 0.15) is 17.1 Å². The molecule has 0 unspecified atom stereocenters. The number of nitrogens with zero attached hydrogens (tertiary/aromatic N) is 1. The third-order valence-electron chi connectivity index (χ3n) is 4.48. The van der Waals surface area contributed by atoms with Crippen molar-refractivity contribution < 1.29 is 32.2 Å². The molecule has 0 radical (unpaired) electrons. The van der Waals surface area contributed by atoms with Gasteiger partial charge in [0.25, 0.3) is 5.91 Å². The lowest BCUT2D eigenvalue weighted by atomic mass is 10.1. The van der Waals surface area contributed by atoms with Gasteiger partial charge in [0.15, 0.2) is 16.4 Å². The van der Waals surface area contributed by atoms with E-state index in [2.05, 4.69) is 0 Å². The Morgan fingerprint density at radius 3 is 2.46 bits per heavy atom. The number of carbonyl (C=O) groups excluding carboxylic acids is 2. The lowest BCUT2D eigenvalue weighted by molar-refractivity contribution is -0.137. The summed E-state index contributed by atoms with van der Waals surface area (Å²) in [4.78, 5) is 26.6. The molecule has 1 aliphatic rings. The van der Waals surface area contributed by atoms with E-state index < -0.39 is 28.3 Å². The minimum absolute atomic E-state index is 0.0525. The smallest absolute Gasteiger partial charge is 0.342 e. The molecule has 1 aliphatic heterocycles. The second-order valence-electron chi connectivity index (χ2n) is 7.14. The zero-order valence-corrected chi connectivity index (χ0v) is 17.5. The number of hydrogen-bond donors (Lipinski definition) is 0. The van der Waals surface area contributed by atoms with Crippen LogP contribution in [0.1, 0.15) is 30.6 Å². The summed E-state index contributed by atoms with van der Waals surface area (Å²) in [6, 6.07) is 4.31. The molecule has 1 saturated heterocycles. The molecule has 0 aliphatic carbocycles. The van der Waals surface area contributed by atoms with Crippen LogP contribution in [-0.2, 0) is 19.4 Å². The van der Waals surface area contributed by atoms with Crippen molar-refractivity contribution in [3.05, 3.63) is 23.8 Å². The van der Waals surface area contributed by atoms with Gasteiger partial charge in [-0.25, -0.2) is 13.2 Å². The summed E-state index contributed by atoms with van der Waals surface area (Å²) in [5, 5.41) is 0. The number of sulfone groups is 1. The molecule has 9 heteroatoms. The summed E-state index contributed by atoms with van der Waals surface area (Å²) in [5.74, 6) is -0.195. The van der Waals surface area contributed by atoms with Crippen LogP contribution in [0.4, 0.5) is 0 Å². The minimum atomic E-state index is -3.13. The van der Waals surface area contributed by atoms with E-state index in [1.165, 1.54) is 25.2 Å². The average molecular weight is 413 g/mol. The van der Waals surface area contributed by atoms with E-state index in [4.69, 9.17) is 14.2 Å². The Bertz CT molecular complexity index is 820. The highest BCUT2D eigenvalue weighted by molar-refractivity contribution is 7.91. The second kappa shape index (κ2) is 9.27. The van der Waals surface area contributed by atoms with Crippen LogP contribution in [0.25, 0.3) is 0 Å². The molecule has 156 valence electrons. The highest BCUT2D eigenvalue weighted by atomic mass is 32.2. The largest absolute Gasteiger partial charge is 0.497 e. The first-order chi connectivity index (χ1) is 13.2. The zero-order valence-electron chi connectivity index (χ0n) is 16.6. The highest BCUT2D eigenvalue weighted by Gasteiger charge is 2.35. The molecule has 1 aromatic carbocycles. The van der Waals surface area contributed by atoms with Crippen LogP contribution in [0.5, 0.6) is 11.5 Å². The Morgan fingerprint density at radius 2 is 1.93 bits per heavy atom. The topological polar surface area (TPSA) is 99.2 Å². The number of carbonyl (C=O) groups is 2. The van der Waals surface area contributed by atoms with Crippen molar-refractivity contribution in [2.45, 2.75) is 26.3 Å². The van der Waals surface area contributed by atoms with Gasteiger partial charge >= 0.3 is 5.97 Å². The minimum Gasteiger partial charge on any atom is -0.497 e. The van der Waals surface area contributed by atoms with Gasteiger partial charge in [-0.2, -0.15) is 0 Å². The van der Waals surface area contributed by atoms with Crippen molar-refractivity contribution in [3.8, 4) is 11.5 Å². The van der Waals surface area contributed by atoms with E-state index in [1.807, 2.05) is 13.8 Å². The molecule has 28 heavy (non-hydrogen) atoms. The second-order valence-corrected chi connectivity index (χ2v) is 9.37. The van der Waals surface area contributed by atoms with Crippen molar-refractivity contribution >= 4 is 21.7 Å². The number of esters is 1. The molecular formula is C19H27NO7S. The Balaban J connectivity index is 2.08. The van der Waals surface area contributed by atoms with Gasteiger partial charge < -0.3 is 19.1 Å². The first-order valence-corrected chi connectivity index (χ1v) is 10.9. The Labute approximate surface area is 165 Å². The molecule has 1 fully saturated rings. The van der Waals surface area contributed by atoms with Crippen molar-refractivity contribution in [1.29, 1.82) is 0 Å². The molecule has 0 N–H and O–H groups in total. The van der Waals surface area contributed by atoms with Crippen LogP contribution >= 0.6 is 0 Å². The summed E-state index contributed by atoms with van der Waals surface area (Å²) >= 11 is 0. The number of methoxy groups -OCH3 is 2. The third-order valence-corrected chi connectivity index (χ3v) is 6.24. The first-order valence-electron chi connectivity index (χ1n) is 9.06. The first kappa shape index (κ1) is 22.0. The quantitative estimate of drug-likeness (QED) is 0.596. The van der Waals surface area contributed by atoms with E-state index in [9.17, 15) is 18.0 Å². The summed E-state index contributed by atoms with van der Waals surface area (Å²) in [7, 11) is -0.235. The molecule has 1 amide bonds. The summed E-state index contributed by atoms with van der Waals surface area (Å²) < 4.78 is 39.0. The molecular weight excluding hydrogens is 386 g/mol. The van der Waals surface area contributed by atoms with Crippen LogP contribution in [0, 0.1) is 5.92 Å². The monoisotopic (exact) mass is 413 g/mol. The standard InChI is InChI=1S/C19H27NO7S/c1-13(2)10-20(14-7-8-28(23,24)12-14)18(21)11-27-19(22)16-9-15(25-3)5-6-17(16)26-4/h5-6,9,13-14H,7-8,10-12H2,1-4H3/t14-/m0/s1. The van der Waals surface area contributed by atoms with Crippen LogP contribution in [0.15, 0.2) is 18.2 Å². The van der Waals surface area contributed by atoms with Crippen LogP contribution < -0.4 is 9.47 Å². The Kier molecular flexibility index (Phi) is 7.29. The van der Waals surface area contributed by atoms with Crippen molar-refractivity contribution in [2.24, 2.45) is 5.92 Å². The van der Waals surface area contributed by atoms with Gasteiger partial charge in [0.05, 0.1) is 25.7 Å². The van der Waals surface area contributed by atoms with E-state index in [0.717, 1.165) is 0 Å². The predicted molar refractivity (Wildman–Crippen MR) is 103 cm³/mol. The molecule has 0 aromatic heterocycles. The third kappa shape index (κ3) is 5.60. The predicted octanol–water partition coefficient (Wildman–Crippen LogP) is 1.53. The number of amides is 1. The summed E-state index contributed by atoms with van der Waals surface area (Å²) in [5.41, 5.74) is 0.147. The molecule has 1 heterocycles. The fraction of sp³-hybridized carbons (Fsp3) is 0.579. The lowest BCUT2D eigenvalue weighted by Crippen LogP contribution is -2.45. The van der Waals surface area contributed by atoms with Crippen molar-refractivity contribution in [3.63, 3.8) is 0 Å². The Morgan fingerprint density at radius 1 is 1.21 bits per heavy atom.